The van der Waals surface area contributed by atoms with Crippen molar-refractivity contribution in [2.75, 3.05) is 18.4 Å². The van der Waals surface area contributed by atoms with Gasteiger partial charge < -0.3 is 14.9 Å². The van der Waals surface area contributed by atoms with Crippen LogP contribution >= 0.6 is 0 Å². The van der Waals surface area contributed by atoms with E-state index in [0.717, 1.165) is 12.1 Å². The van der Waals surface area contributed by atoms with Crippen molar-refractivity contribution in [3.63, 3.8) is 0 Å². The predicted molar refractivity (Wildman–Crippen MR) is 99.9 cm³/mol. The number of rotatable bonds is 5. The highest BCUT2D eigenvalue weighted by Crippen LogP contribution is 2.45. The molecular weight excluding hydrogens is 384 g/mol. The third-order valence-electron chi connectivity index (χ3n) is 4.50. The molecule has 0 bridgehead atoms. The van der Waals surface area contributed by atoms with Crippen molar-refractivity contribution in [1.29, 1.82) is 5.26 Å². The molecule has 9 nitrogen and oxygen atoms in total. The highest BCUT2D eigenvalue weighted by Gasteiger charge is 2.35. The van der Waals surface area contributed by atoms with Crippen LogP contribution in [0.15, 0.2) is 34.3 Å². The number of hydrogen-bond donors (Lipinski definition) is 2. The van der Waals surface area contributed by atoms with E-state index >= 15 is 0 Å². The third kappa shape index (κ3) is 3.26. The van der Waals surface area contributed by atoms with Gasteiger partial charge in [0.05, 0.1) is 23.0 Å². The molecule has 1 aromatic heterocycles. The van der Waals surface area contributed by atoms with Crippen molar-refractivity contribution in [2.24, 2.45) is 0 Å². The number of benzene rings is 1. The molecule has 146 valence electrons. The van der Waals surface area contributed by atoms with Crippen LogP contribution in [0.3, 0.4) is 0 Å². The van der Waals surface area contributed by atoms with Crippen molar-refractivity contribution < 1.29 is 22.8 Å². The first-order chi connectivity index (χ1) is 13.3. The van der Waals surface area contributed by atoms with E-state index in [1.807, 2.05) is 6.07 Å². The van der Waals surface area contributed by atoms with Crippen LogP contribution in [0.4, 0.5) is 5.69 Å². The molecule has 0 radical (unpaired) electrons. The van der Waals surface area contributed by atoms with Gasteiger partial charge in [-0.2, -0.15) is 9.57 Å². The van der Waals surface area contributed by atoms with Crippen LogP contribution in [0.25, 0.3) is 11.1 Å². The van der Waals surface area contributed by atoms with Crippen LogP contribution in [0.1, 0.15) is 24.2 Å². The number of phenolic OH excluding ortho intramolecular Hbond substituents is 1. The summed E-state index contributed by atoms with van der Waals surface area (Å²) in [4.78, 5) is 11.4. The molecule has 3 rings (SSSR count). The minimum atomic E-state index is -4.08. The molecule has 0 atom stereocenters. The fourth-order valence-electron chi connectivity index (χ4n) is 3.13. The lowest BCUT2D eigenvalue weighted by Gasteiger charge is -2.21. The van der Waals surface area contributed by atoms with Crippen LogP contribution < -0.4 is 5.32 Å². The molecule has 2 heterocycles. The molecule has 28 heavy (non-hydrogen) atoms. The number of amides is 1. The molecule has 0 aliphatic carbocycles. The van der Waals surface area contributed by atoms with E-state index in [1.165, 1.54) is 10.5 Å². The zero-order valence-corrected chi connectivity index (χ0v) is 15.9. The summed E-state index contributed by atoms with van der Waals surface area (Å²) < 4.78 is 32.9. The van der Waals surface area contributed by atoms with Crippen molar-refractivity contribution in [3.05, 3.63) is 36.2 Å². The lowest BCUT2D eigenvalue weighted by Crippen LogP contribution is -2.29. The molecule has 0 unspecified atom stereocenters. The number of carbonyl (C=O) groups is 1. The summed E-state index contributed by atoms with van der Waals surface area (Å²) in [5.74, 6) is -0.870. The van der Waals surface area contributed by atoms with Gasteiger partial charge in [-0.15, -0.1) is 0 Å². The van der Waals surface area contributed by atoms with Gasteiger partial charge in [0.1, 0.15) is 22.5 Å². The largest absolute Gasteiger partial charge is 0.505 e. The fraction of sp³-hybridized carbons (Fsp3) is 0.278. The molecule has 0 spiro atoms. The van der Waals surface area contributed by atoms with Gasteiger partial charge in [-0.25, -0.2) is 8.42 Å². The van der Waals surface area contributed by atoms with E-state index in [1.54, 1.807) is 6.92 Å². The van der Waals surface area contributed by atoms with Crippen LogP contribution in [0.5, 0.6) is 5.75 Å². The number of nitrogens with zero attached hydrogens (tertiary/aromatic N) is 3. The average molecular weight is 402 g/mol. The second kappa shape index (κ2) is 7.46. The first-order valence-corrected chi connectivity index (χ1v) is 9.90. The fourth-order valence-corrected chi connectivity index (χ4v) is 4.98. The van der Waals surface area contributed by atoms with Crippen LogP contribution in [0, 0.1) is 18.3 Å². The van der Waals surface area contributed by atoms with E-state index in [4.69, 9.17) is 4.52 Å². The number of nitrogens with one attached hydrogen (secondary N) is 1. The van der Waals surface area contributed by atoms with E-state index in [-0.39, 0.29) is 33.0 Å². The Balaban J connectivity index is 2.36. The maximum atomic E-state index is 13.3. The summed E-state index contributed by atoms with van der Waals surface area (Å²) >= 11 is 0. The first kappa shape index (κ1) is 19.6. The molecule has 1 amide bonds. The zero-order chi connectivity index (χ0) is 20.5. The Morgan fingerprint density at radius 2 is 2.14 bits per heavy atom. The standard InChI is InChI=1S/C18H18N4O5S/c1-3-15(23)21-14-8-12(9-19)18(28(25,26)22-6-4-5-7-22)16(17(14)24)13-10-20-27-11(13)2/h3,8,10,24H,1,4-7H2,2H3,(H,21,23). The predicted octanol–water partition coefficient (Wildman–Crippen LogP) is 2.14. The number of sulfonamides is 1. The van der Waals surface area contributed by atoms with Gasteiger partial charge in [0.15, 0.2) is 0 Å². The Hall–Kier alpha value is -3.16. The molecule has 10 heteroatoms. The lowest BCUT2D eigenvalue weighted by molar-refractivity contribution is -0.111. The summed E-state index contributed by atoms with van der Waals surface area (Å²) in [6, 6.07) is 2.99. The van der Waals surface area contributed by atoms with Crippen molar-refractivity contribution in [2.45, 2.75) is 24.7 Å². The molecule has 1 aromatic carbocycles. The summed E-state index contributed by atoms with van der Waals surface area (Å²) in [7, 11) is -4.08. The van der Waals surface area contributed by atoms with E-state index in [2.05, 4.69) is 17.1 Å². The number of hydrogen-bond acceptors (Lipinski definition) is 7. The molecule has 2 aromatic rings. The maximum absolute atomic E-state index is 13.3. The molecular formula is C18H18N4O5S. The number of aryl methyl sites for hydroxylation is 1. The smallest absolute Gasteiger partial charge is 0.247 e. The Bertz CT molecular complexity index is 1090. The van der Waals surface area contributed by atoms with Gasteiger partial charge >= 0.3 is 0 Å². The van der Waals surface area contributed by atoms with Crippen LogP contribution in [-0.2, 0) is 14.8 Å². The minimum absolute atomic E-state index is 0.113. The van der Waals surface area contributed by atoms with Crippen molar-refractivity contribution in [1.82, 2.24) is 9.46 Å². The lowest BCUT2D eigenvalue weighted by atomic mass is 10.0. The quantitative estimate of drug-likeness (QED) is 0.577. The number of anilines is 1. The maximum Gasteiger partial charge on any atom is 0.247 e. The summed E-state index contributed by atoms with van der Waals surface area (Å²) in [5, 5.41) is 26.5. The third-order valence-corrected chi connectivity index (χ3v) is 6.48. The molecule has 1 aliphatic heterocycles. The van der Waals surface area contributed by atoms with Gasteiger partial charge in [-0.05, 0) is 31.9 Å². The second-order valence-electron chi connectivity index (χ2n) is 6.24. The second-order valence-corrected chi connectivity index (χ2v) is 8.11. The molecule has 1 fully saturated rings. The normalized spacial score (nSPS) is 14.6. The minimum Gasteiger partial charge on any atom is -0.505 e. The monoisotopic (exact) mass is 402 g/mol. The first-order valence-electron chi connectivity index (χ1n) is 8.46. The Morgan fingerprint density at radius 3 is 2.68 bits per heavy atom. The average Bonchev–Trinajstić information content (AvgIpc) is 3.34. The van der Waals surface area contributed by atoms with Gasteiger partial charge in [0.2, 0.25) is 15.9 Å². The van der Waals surface area contributed by atoms with E-state index in [9.17, 15) is 23.6 Å². The highest BCUT2D eigenvalue weighted by atomic mass is 32.2. The number of carbonyl (C=O) groups excluding carboxylic acids is 1. The van der Waals surface area contributed by atoms with Gasteiger partial charge in [0, 0.05) is 18.7 Å². The van der Waals surface area contributed by atoms with Gasteiger partial charge in [-0.1, -0.05) is 11.7 Å². The Labute approximate surface area is 161 Å². The number of aromatic nitrogens is 1. The highest BCUT2D eigenvalue weighted by molar-refractivity contribution is 7.89. The summed E-state index contributed by atoms with van der Waals surface area (Å²) in [5.41, 5.74) is -0.248. The van der Waals surface area contributed by atoms with Gasteiger partial charge in [0.25, 0.3) is 0 Å². The molecule has 1 aliphatic rings. The molecule has 2 N–H and O–H groups in total. The Kier molecular flexibility index (Phi) is 5.22. The SMILES string of the molecule is C=CC(=O)Nc1cc(C#N)c(S(=O)(=O)N2CCCC2)c(-c2cnoc2C)c1O. The van der Waals surface area contributed by atoms with Crippen molar-refractivity contribution >= 4 is 21.6 Å². The zero-order valence-electron chi connectivity index (χ0n) is 15.1. The van der Waals surface area contributed by atoms with Crippen LogP contribution in [0.2, 0.25) is 0 Å². The van der Waals surface area contributed by atoms with E-state index < -0.39 is 21.7 Å². The number of aromatic hydroxyl groups is 1. The van der Waals surface area contributed by atoms with E-state index in [0.29, 0.717) is 25.9 Å². The van der Waals surface area contributed by atoms with Gasteiger partial charge in [-0.3, -0.25) is 4.79 Å². The summed E-state index contributed by atoms with van der Waals surface area (Å²) in [6.45, 7) is 5.54. The molecule has 1 saturated heterocycles. The topological polar surface area (TPSA) is 137 Å². The Morgan fingerprint density at radius 1 is 1.46 bits per heavy atom. The van der Waals surface area contributed by atoms with Crippen LogP contribution in [-0.4, -0.2) is 42.0 Å². The molecule has 0 saturated carbocycles. The number of phenols is 1. The number of nitriles is 1. The van der Waals surface area contributed by atoms with Crippen molar-refractivity contribution in [3.8, 4) is 22.9 Å². The summed E-state index contributed by atoms with van der Waals surface area (Å²) in [6.07, 6.45) is 3.67.